The van der Waals surface area contributed by atoms with Gasteiger partial charge < -0.3 is 40.2 Å². The minimum atomic E-state index is -0.984. The summed E-state index contributed by atoms with van der Waals surface area (Å²) < 4.78 is 19.5. The molecule has 0 spiro atoms. The van der Waals surface area contributed by atoms with Crippen LogP contribution in [0.5, 0.6) is 5.75 Å². The molecule has 0 aliphatic carbocycles. The number of nitrogens with zero attached hydrogens (tertiary/aromatic N) is 6. The summed E-state index contributed by atoms with van der Waals surface area (Å²) in [6, 6.07) is 18.1. The molecule has 4 amide bonds. The molecule has 0 radical (unpaired) electrons. The lowest BCUT2D eigenvalue weighted by atomic mass is 9.85. The number of anilines is 1. The number of aryl methyl sites for hydroxylation is 4. The van der Waals surface area contributed by atoms with Gasteiger partial charge in [0.25, 0.3) is 0 Å². The Morgan fingerprint density at radius 1 is 0.882 bits per heavy atom. The number of thiazole rings is 1. The van der Waals surface area contributed by atoms with Crippen molar-refractivity contribution in [2.45, 2.75) is 112 Å². The third-order valence-corrected chi connectivity index (χ3v) is 16.0. The second kappa shape index (κ2) is 24.3. The molecule has 4 N–H and O–H groups in total. The van der Waals surface area contributed by atoms with Crippen LogP contribution in [0.25, 0.3) is 15.4 Å². The van der Waals surface area contributed by atoms with Gasteiger partial charge in [-0.2, -0.15) is 0 Å². The number of amides is 4. The van der Waals surface area contributed by atoms with Gasteiger partial charge in [0.2, 0.25) is 23.6 Å². The zero-order valence-electron chi connectivity index (χ0n) is 44.4. The lowest BCUT2D eigenvalue weighted by molar-refractivity contribution is -0.144. The average molecular weight is 1090 g/mol. The highest BCUT2D eigenvalue weighted by atomic mass is 35.5. The monoisotopic (exact) mass is 1090 g/mol. The minimum Gasteiger partial charge on any atom is -0.491 e. The van der Waals surface area contributed by atoms with Gasteiger partial charge in [-0.15, -0.1) is 32.9 Å². The zero-order chi connectivity index (χ0) is 54.4. The molecule has 17 nitrogen and oxygen atoms in total. The summed E-state index contributed by atoms with van der Waals surface area (Å²) in [6.45, 7) is 18.1. The van der Waals surface area contributed by atoms with Gasteiger partial charge in [0.05, 0.1) is 47.0 Å². The summed E-state index contributed by atoms with van der Waals surface area (Å²) >= 11 is 9.50. The van der Waals surface area contributed by atoms with Crippen molar-refractivity contribution in [3.05, 3.63) is 127 Å². The van der Waals surface area contributed by atoms with Crippen molar-refractivity contribution in [3.63, 3.8) is 0 Å². The van der Waals surface area contributed by atoms with E-state index in [1.54, 1.807) is 28.7 Å². The highest BCUT2D eigenvalue weighted by molar-refractivity contribution is 7.15. The van der Waals surface area contributed by atoms with Crippen LogP contribution in [0.1, 0.15) is 109 Å². The number of β-amino-alcohol motifs (C(OH)–C–C–N with tert-alkyl or cyclic N) is 1. The number of nitrogens with one attached hydrogen (secondary N) is 3. The van der Waals surface area contributed by atoms with Crippen LogP contribution in [0.15, 0.2) is 77.2 Å². The average Bonchev–Trinajstić information content (AvgIpc) is 4.16. The summed E-state index contributed by atoms with van der Waals surface area (Å²) in [5, 5.41) is 30.1. The molecule has 6 aromatic rings. The molecule has 5 heterocycles. The maximum Gasteiger partial charge on any atom is 0.246 e. The topological polar surface area (TPSA) is 211 Å². The molecule has 2 aliphatic heterocycles. The lowest BCUT2D eigenvalue weighted by Crippen LogP contribution is -2.58. The van der Waals surface area contributed by atoms with Crippen LogP contribution in [0, 0.1) is 40.0 Å². The summed E-state index contributed by atoms with van der Waals surface area (Å²) in [5.74, 6) is 0.335. The Labute approximate surface area is 456 Å². The molecule has 1 fully saturated rings. The quantitative estimate of drug-likeness (QED) is 0.0531. The van der Waals surface area contributed by atoms with Gasteiger partial charge in [-0.1, -0.05) is 74.8 Å². The van der Waals surface area contributed by atoms with Crippen LogP contribution in [0.3, 0.4) is 0 Å². The van der Waals surface area contributed by atoms with Crippen molar-refractivity contribution in [2.75, 3.05) is 44.9 Å². The summed E-state index contributed by atoms with van der Waals surface area (Å²) in [4.78, 5) is 67.9. The highest BCUT2D eigenvalue weighted by Crippen LogP contribution is 2.40. The Hall–Kier alpha value is -6.35. The van der Waals surface area contributed by atoms with E-state index >= 15 is 0 Å². The van der Waals surface area contributed by atoms with Crippen LogP contribution in [-0.2, 0) is 28.7 Å². The molecule has 3 aromatic heterocycles. The Morgan fingerprint density at radius 3 is 2.32 bits per heavy atom. The van der Waals surface area contributed by atoms with E-state index in [-0.39, 0.29) is 63.7 Å². The molecular weight excluding hydrogens is 1030 g/mol. The van der Waals surface area contributed by atoms with E-state index in [0.29, 0.717) is 41.1 Å². The predicted molar refractivity (Wildman–Crippen MR) is 296 cm³/mol. The van der Waals surface area contributed by atoms with E-state index in [0.717, 1.165) is 59.5 Å². The minimum absolute atomic E-state index is 0.0184. The molecular formula is C56H66ClN9O8S2. The van der Waals surface area contributed by atoms with Crippen molar-refractivity contribution < 1.29 is 38.5 Å². The van der Waals surface area contributed by atoms with Crippen molar-refractivity contribution in [2.24, 2.45) is 10.4 Å². The number of hydrogen-bond donors (Lipinski definition) is 4. The normalized spacial score (nSPS) is 17.0. The second-order valence-corrected chi connectivity index (χ2v) is 22.9. The van der Waals surface area contributed by atoms with Crippen LogP contribution < -0.4 is 20.7 Å². The molecule has 20 heteroatoms. The number of ether oxygens (including phenoxy) is 3. The molecule has 5 atom stereocenters. The Morgan fingerprint density at radius 2 is 1.61 bits per heavy atom. The first-order chi connectivity index (χ1) is 36.3. The van der Waals surface area contributed by atoms with Crippen LogP contribution in [0.2, 0.25) is 5.02 Å². The number of aliphatic imine (C=N–C) groups is 1. The number of likely N-dealkylation sites (tertiary alicyclic amines) is 1. The van der Waals surface area contributed by atoms with Gasteiger partial charge >= 0.3 is 0 Å². The number of benzene rings is 3. The highest BCUT2D eigenvalue weighted by Gasteiger charge is 2.45. The standard InChI is InChI=1S/C56H66ClN9O8S2/c1-31-11-20-41(60-46(68)27-43-52-64-63-36(6)66(52)55-48(32(2)35(5)76-55)49(61-43)38-16-18-40(57)19-17-38)25-45(31)74-24-23-72-21-10-22-73-29-47(69)62-51(56(7,8)9)54(71)65-28-42(67)26-44(65)53(70)59-33(3)37-12-14-39(15-13-37)50-34(4)58-30-75-50/h11-20,25,30,33,42-44,51,67H,10,21-24,26-29H2,1-9H3,(H,59,70)(H,60,68)(H,62,69)/t33-,42+,43-,44-,51+/m0/s1. The largest absolute Gasteiger partial charge is 0.491 e. The lowest BCUT2D eigenvalue weighted by Gasteiger charge is -2.35. The number of carbonyl (C=O) groups excluding carboxylic acids is 4. The van der Waals surface area contributed by atoms with E-state index < -0.39 is 41.5 Å². The fourth-order valence-electron chi connectivity index (χ4n) is 9.31. The molecule has 402 valence electrons. The molecule has 8 rings (SSSR count). The number of aromatic nitrogens is 4. The van der Waals surface area contributed by atoms with Gasteiger partial charge in [-0.3, -0.25) is 28.7 Å². The number of halogens is 1. The van der Waals surface area contributed by atoms with Crippen LogP contribution in [0.4, 0.5) is 5.69 Å². The second-order valence-electron chi connectivity index (χ2n) is 20.4. The molecule has 2 aliphatic rings. The van der Waals surface area contributed by atoms with Gasteiger partial charge in [0.1, 0.15) is 47.9 Å². The van der Waals surface area contributed by atoms with Crippen molar-refractivity contribution in [1.29, 1.82) is 0 Å². The van der Waals surface area contributed by atoms with Crippen molar-refractivity contribution in [3.8, 4) is 21.2 Å². The number of aliphatic hydroxyl groups excluding tert-OH is 1. The van der Waals surface area contributed by atoms with Gasteiger partial charge in [0, 0.05) is 59.0 Å². The Bertz CT molecular complexity index is 3090. The zero-order valence-corrected chi connectivity index (χ0v) is 46.8. The SMILES string of the molecule is Cc1ccc(NC(=O)C[C@@H]2N=C(c3ccc(Cl)cc3)c3c(sc(C)c3C)-n3c(C)nnc32)cc1OCCOCCCOCC(=O)N[C@H](C(=O)N1C[C@H](O)C[C@H]1C(=O)N[C@@H](C)c1ccc(-c2scnc2C)cc1)C(C)(C)C. The Kier molecular flexibility index (Phi) is 17.9. The van der Waals surface area contributed by atoms with E-state index in [9.17, 15) is 24.3 Å². The van der Waals surface area contributed by atoms with E-state index in [4.69, 9.17) is 30.8 Å². The van der Waals surface area contributed by atoms with Crippen molar-refractivity contribution >= 4 is 69.3 Å². The first kappa shape index (κ1) is 55.9. The van der Waals surface area contributed by atoms with Crippen LogP contribution >= 0.6 is 34.3 Å². The van der Waals surface area contributed by atoms with Crippen LogP contribution in [-0.4, -0.2) is 117 Å². The predicted octanol–water partition coefficient (Wildman–Crippen LogP) is 8.74. The summed E-state index contributed by atoms with van der Waals surface area (Å²) in [5.41, 5.74) is 9.19. The van der Waals surface area contributed by atoms with Gasteiger partial charge in [-0.25, -0.2) is 4.98 Å². The summed E-state index contributed by atoms with van der Waals surface area (Å²) in [7, 11) is 0. The number of carbonyl (C=O) groups is 4. The molecule has 1 saturated heterocycles. The third kappa shape index (κ3) is 13.1. The number of fused-ring (bicyclic) bond motifs is 3. The maximum atomic E-state index is 14.1. The van der Waals surface area contributed by atoms with E-state index in [1.165, 1.54) is 4.90 Å². The third-order valence-electron chi connectivity index (χ3n) is 13.6. The molecule has 0 unspecified atom stereocenters. The first-order valence-electron chi connectivity index (χ1n) is 25.4. The smallest absolute Gasteiger partial charge is 0.246 e. The van der Waals surface area contributed by atoms with E-state index in [2.05, 4.69) is 45.0 Å². The molecule has 76 heavy (non-hydrogen) atoms. The Balaban J connectivity index is 0.768. The molecule has 3 aromatic carbocycles. The molecule has 0 bridgehead atoms. The fourth-order valence-corrected chi connectivity index (χ4v) is 11.5. The number of thiophene rings is 1. The first-order valence-corrected chi connectivity index (χ1v) is 27.5. The van der Waals surface area contributed by atoms with Gasteiger partial charge in [-0.05, 0) is 93.8 Å². The summed E-state index contributed by atoms with van der Waals surface area (Å²) in [6.07, 6.45) is -0.290. The van der Waals surface area contributed by atoms with Crippen molar-refractivity contribution in [1.82, 2.24) is 35.3 Å². The number of aliphatic hydroxyl groups is 1. The fraction of sp³-hybridized carbons (Fsp3) is 0.429. The van der Waals surface area contributed by atoms with Gasteiger partial charge in [0.15, 0.2) is 5.82 Å². The maximum absolute atomic E-state index is 14.1. The number of rotatable bonds is 20. The molecule has 0 saturated carbocycles. The number of hydrogen-bond acceptors (Lipinski definition) is 14. The van der Waals surface area contributed by atoms with E-state index in [1.807, 2.05) is 119 Å².